The van der Waals surface area contributed by atoms with E-state index < -0.39 is 0 Å². The van der Waals surface area contributed by atoms with E-state index >= 15 is 0 Å². The van der Waals surface area contributed by atoms with Crippen LogP contribution in [0.15, 0.2) is 30.5 Å². The summed E-state index contributed by atoms with van der Waals surface area (Å²) in [6.45, 7) is 2.17. The van der Waals surface area contributed by atoms with Crippen LogP contribution in [0.25, 0.3) is 11.4 Å². The van der Waals surface area contributed by atoms with Crippen molar-refractivity contribution in [3.63, 3.8) is 0 Å². The van der Waals surface area contributed by atoms with E-state index in [1.807, 2.05) is 13.2 Å². The van der Waals surface area contributed by atoms with E-state index in [2.05, 4.69) is 41.5 Å². The molecule has 3 heteroatoms. The van der Waals surface area contributed by atoms with Crippen molar-refractivity contribution in [2.24, 2.45) is 0 Å². The van der Waals surface area contributed by atoms with Crippen molar-refractivity contribution in [2.45, 2.75) is 38.6 Å². The molecule has 1 aromatic heterocycles. The van der Waals surface area contributed by atoms with Gasteiger partial charge in [0, 0.05) is 29.1 Å². The van der Waals surface area contributed by atoms with E-state index in [0.717, 1.165) is 18.7 Å². The lowest BCUT2D eigenvalue weighted by Gasteiger charge is -2.24. The highest BCUT2D eigenvalue weighted by molar-refractivity contribution is 5.60. The standard InChI is InChI=1S/C17H21N3/c1-3-12-7-4-5-8-13(12)17-19-11-14-15(18-2)9-6-10-16(14)20-17/h4-5,7-8,11,15,18H,3,6,9-10H2,1-2H3. The van der Waals surface area contributed by atoms with Crippen molar-refractivity contribution >= 4 is 0 Å². The van der Waals surface area contributed by atoms with Gasteiger partial charge >= 0.3 is 0 Å². The molecule has 1 aliphatic rings. The second-order valence-electron chi connectivity index (χ2n) is 5.34. The van der Waals surface area contributed by atoms with Crippen molar-refractivity contribution in [3.05, 3.63) is 47.3 Å². The largest absolute Gasteiger partial charge is 0.313 e. The van der Waals surface area contributed by atoms with Gasteiger partial charge in [-0.1, -0.05) is 31.2 Å². The zero-order chi connectivity index (χ0) is 13.9. The van der Waals surface area contributed by atoms with Crippen LogP contribution in [0.2, 0.25) is 0 Å². The molecule has 0 saturated heterocycles. The average Bonchev–Trinajstić information content (AvgIpc) is 2.53. The third kappa shape index (κ3) is 2.34. The predicted molar refractivity (Wildman–Crippen MR) is 81.6 cm³/mol. The second kappa shape index (κ2) is 5.71. The number of benzene rings is 1. The topological polar surface area (TPSA) is 37.8 Å². The van der Waals surface area contributed by atoms with Crippen LogP contribution in [0.4, 0.5) is 0 Å². The molecular formula is C17H21N3. The fourth-order valence-corrected chi connectivity index (χ4v) is 3.02. The van der Waals surface area contributed by atoms with Crippen molar-refractivity contribution in [2.75, 3.05) is 7.05 Å². The third-order valence-electron chi connectivity index (χ3n) is 4.17. The molecule has 1 N–H and O–H groups in total. The SMILES string of the molecule is CCc1ccccc1-c1ncc2c(n1)CCCC2NC. The van der Waals surface area contributed by atoms with E-state index in [1.54, 1.807) is 0 Å². The van der Waals surface area contributed by atoms with Gasteiger partial charge in [0.2, 0.25) is 0 Å². The minimum absolute atomic E-state index is 0.411. The lowest BCUT2D eigenvalue weighted by molar-refractivity contribution is 0.488. The fraction of sp³-hybridized carbons (Fsp3) is 0.412. The molecule has 3 rings (SSSR count). The summed E-state index contributed by atoms with van der Waals surface area (Å²) >= 11 is 0. The molecule has 104 valence electrons. The second-order valence-corrected chi connectivity index (χ2v) is 5.34. The Morgan fingerprint density at radius 1 is 1.30 bits per heavy atom. The maximum Gasteiger partial charge on any atom is 0.159 e. The minimum atomic E-state index is 0.411. The first-order valence-corrected chi connectivity index (χ1v) is 7.44. The summed E-state index contributed by atoms with van der Waals surface area (Å²) in [5.74, 6) is 0.873. The molecule has 1 aliphatic carbocycles. The molecule has 2 aromatic rings. The molecule has 1 aromatic carbocycles. The minimum Gasteiger partial charge on any atom is -0.313 e. The van der Waals surface area contributed by atoms with Crippen LogP contribution in [0.3, 0.4) is 0 Å². The Labute approximate surface area is 120 Å². The van der Waals surface area contributed by atoms with E-state index in [9.17, 15) is 0 Å². The Morgan fingerprint density at radius 2 is 2.15 bits per heavy atom. The smallest absolute Gasteiger partial charge is 0.159 e. The first-order valence-electron chi connectivity index (χ1n) is 7.44. The highest BCUT2D eigenvalue weighted by Gasteiger charge is 2.21. The van der Waals surface area contributed by atoms with Crippen LogP contribution in [-0.4, -0.2) is 17.0 Å². The predicted octanol–water partition coefficient (Wildman–Crippen LogP) is 3.30. The normalized spacial score (nSPS) is 17.8. The average molecular weight is 267 g/mol. The number of nitrogens with zero attached hydrogens (tertiary/aromatic N) is 2. The molecule has 0 fully saturated rings. The van der Waals surface area contributed by atoms with Gasteiger partial charge in [0.15, 0.2) is 5.82 Å². The Morgan fingerprint density at radius 3 is 2.95 bits per heavy atom. The Hall–Kier alpha value is -1.74. The summed E-state index contributed by atoms with van der Waals surface area (Å²) in [5.41, 5.74) is 4.97. The third-order valence-corrected chi connectivity index (χ3v) is 4.17. The number of rotatable bonds is 3. The number of nitrogens with one attached hydrogen (secondary N) is 1. The molecule has 0 amide bonds. The van der Waals surface area contributed by atoms with Crippen LogP contribution in [0.5, 0.6) is 0 Å². The van der Waals surface area contributed by atoms with Crippen LogP contribution >= 0.6 is 0 Å². The summed E-state index contributed by atoms with van der Waals surface area (Å²) < 4.78 is 0. The maximum atomic E-state index is 4.84. The molecule has 1 atom stereocenters. The van der Waals surface area contributed by atoms with Gasteiger partial charge < -0.3 is 5.32 Å². The molecule has 3 nitrogen and oxygen atoms in total. The Bertz CT molecular complexity index is 607. The number of hydrogen-bond donors (Lipinski definition) is 1. The number of fused-ring (bicyclic) bond motifs is 1. The molecule has 1 unspecified atom stereocenters. The number of aromatic nitrogens is 2. The van der Waals surface area contributed by atoms with Gasteiger partial charge in [0.05, 0.1) is 0 Å². The molecule has 0 saturated carbocycles. The summed E-state index contributed by atoms with van der Waals surface area (Å²) in [6, 6.07) is 8.84. The van der Waals surface area contributed by atoms with Gasteiger partial charge in [0.25, 0.3) is 0 Å². The van der Waals surface area contributed by atoms with Gasteiger partial charge in [-0.3, -0.25) is 0 Å². The first kappa shape index (κ1) is 13.3. The van der Waals surface area contributed by atoms with E-state index in [4.69, 9.17) is 4.98 Å². The molecule has 20 heavy (non-hydrogen) atoms. The first-order chi connectivity index (χ1) is 9.83. The Kier molecular flexibility index (Phi) is 3.79. The van der Waals surface area contributed by atoms with Crippen LogP contribution in [0, 0.1) is 0 Å². The van der Waals surface area contributed by atoms with Crippen molar-refractivity contribution in [1.29, 1.82) is 0 Å². The fourth-order valence-electron chi connectivity index (χ4n) is 3.02. The van der Waals surface area contributed by atoms with Gasteiger partial charge in [-0.2, -0.15) is 0 Å². The molecule has 1 heterocycles. The van der Waals surface area contributed by atoms with Crippen LogP contribution in [-0.2, 0) is 12.8 Å². The van der Waals surface area contributed by atoms with Gasteiger partial charge in [-0.15, -0.1) is 0 Å². The lowest BCUT2D eigenvalue weighted by Crippen LogP contribution is -2.23. The lowest BCUT2D eigenvalue weighted by atomic mass is 9.92. The number of hydrogen-bond acceptors (Lipinski definition) is 3. The van der Waals surface area contributed by atoms with Crippen LogP contribution < -0.4 is 5.32 Å². The summed E-state index contributed by atoms with van der Waals surface area (Å²) in [6.07, 6.45) is 6.47. The zero-order valence-corrected chi connectivity index (χ0v) is 12.2. The summed E-state index contributed by atoms with van der Waals surface area (Å²) in [5, 5.41) is 3.36. The molecule has 0 spiro atoms. The van der Waals surface area contributed by atoms with Gasteiger partial charge in [-0.05, 0) is 38.3 Å². The van der Waals surface area contributed by atoms with Crippen molar-refractivity contribution in [1.82, 2.24) is 15.3 Å². The number of aryl methyl sites for hydroxylation is 2. The van der Waals surface area contributed by atoms with E-state index in [-0.39, 0.29) is 0 Å². The maximum absolute atomic E-state index is 4.84. The van der Waals surface area contributed by atoms with Crippen molar-refractivity contribution in [3.8, 4) is 11.4 Å². The zero-order valence-electron chi connectivity index (χ0n) is 12.2. The Balaban J connectivity index is 2.04. The van der Waals surface area contributed by atoms with Crippen molar-refractivity contribution < 1.29 is 0 Å². The molecular weight excluding hydrogens is 246 g/mol. The quantitative estimate of drug-likeness (QED) is 0.927. The van der Waals surface area contributed by atoms with E-state index in [0.29, 0.717) is 6.04 Å². The van der Waals surface area contributed by atoms with E-state index in [1.165, 1.54) is 35.2 Å². The molecule has 0 radical (unpaired) electrons. The monoisotopic (exact) mass is 267 g/mol. The van der Waals surface area contributed by atoms with Gasteiger partial charge in [0.1, 0.15) is 0 Å². The summed E-state index contributed by atoms with van der Waals surface area (Å²) in [4.78, 5) is 9.46. The highest BCUT2D eigenvalue weighted by atomic mass is 14.9. The van der Waals surface area contributed by atoms with Gasteiger partial charge in [-0.25, -0.2) is 9.97 Å². The van der Waals surface area contributed by atoms with Crippen LogP contribution in [0.1, 0.15) is 42.6 Å². The highest BCUT2D eigenvalue weighted by Crippen LogP contribution is 2.30. The molecule has 0 aliphatic heterocycles. The molecule has 0 bridgehead atoms. The summed E-state index contributed by atoms with van der Waals surface area (Å²) in [7, 11) is 2.01.